The molecule has 18 heavy (non-hydrogen) atoms. The van der Waals surface area contributed by atoms with Crippen molar-refractivity contribution in [1.29, 1.82) is 0 Å². The summed E-state index contributed by atoms with van der Waals surface area (Å²) in [5.41, 5.74) is -0.160. The van der Waals surface area contributed by atoms with Gasteiger partial charge in [0.05, 0.1) is 0 Å². The van der Waals surface area contributed by atoms with Crippen molar-refractivity contribution in [3.8, 4) is 0 Å². The number of nitrogens with two attached hydrogens (primary N) is 1. The van der Waals surface area contributed by atoms with E-state index in [0.29, 0.717) is 6.54 Å². The first-order valence-electron chi connectivity index (χ1n) is 5.83. The summed E-state index contributed by atoms with van der Waals surface area (Å²) < 4.78 is 0. The van der Waals surface area contributed by atoms with Crippen LogP contribution in [-0.4, -0.2) is 58.6 Å². The van der Waals surface area contributed by atoms with Crippen molar-refractivity contribution < 1.29 is 9.90 Å². The number of aromatic carboxylic acids is 1. The molecule has 8 nitrogen and oxygen atoms in total. The van der Waals surface area contributed by atoms with Crippen LogP contribution in [0, 0.1) is 0 Å². The van der Waals surface area contributed by atoms with E-state index in [2.05, 4.69) is 15.4 Å². The molecule has 0 atom stereocenters. The summed E-state index contributed by atoms with van der Waals surface area (Å²) in [6.45, 7) is 5.39. The van der Waals surface area contributed by atoms with Crippen LogP contribution >= 0.6 is 0 Å². The van der Waals surface area contributed by atoms with Crippen LogP contribution in [0.2, 0.25) is 0 Å². The Balaban J connectivity index is 0.00000137. The number of hydrogen-bond donors (Lipinski definition) is 3. The average molecular weight is 258 g/mol. The van der Waals surface area contributed by atoms with Gasteiger partial charge < -0.3 is 10.0 Å². The van der Waals surface area contributed by atoms with Gasteiger partial charge in [0.2, 0.25) is 5.69 Å². The molecule has 0 saturated carbocycles. The summed E-state index contributed by atoms with van der Waals surface area (Å²) in [4.78, 5) is 12.8. The Labute approximate surface area is 107 Å². The molecular formula is C10H22N6O2. The number of rotatable bonds is 6. The first-order chi connectivity index (χ1) is 8.52. The fourth-order valence-electron chi connectivity index (χ4n) is 1.23. The molecule has 1 heterocycles. The third kappa shape index (κ3) is 5.11. The Hall–Kier alpha value is -1.67. The Kier molecular flexibility index (Phi) is 7.64. The van der Waals surface area contributed by atoms with Crippen LogP contribution in [0.4, 0.5) is 5.82 Å². The first kappa shape index (κ1) is 16.3. The van der Waals surface area contributed by atoms with Crippen LogP contribution in [0.5, 0.6) is 0 Å². The zero-order valence-electron chi connectivity index (χ0n) is 11.3. The highest BCUT2D eigenvalue weighted by Gasteiger charge is 2.18. The number of anilines is 1. The van der Waals surface area contributed by atoms with Crippen molar-refractivity contribution in [2.24, 2.45) is 5.84 Å². The molecule has 0 aliphatic carbocycles. The number of carboxylic acid groups (broad SMARTS) is 1. The Bertz CT molecular complexity index is 352. The van der Waals surface area contributed by atoms with E-state index in [4.69, 9.17) is 10.9 Å². The molecule has 1 rings (SSSR count). The summed E-state index contributed by atoms with van der Waals surface area (Å²) in [7, 11) is 3.92. The van der Waals surface area contributed by atoms with E-state index in [0.717, 1.165) is 13.0 Å². The highest BCUT2D eigenvalue weighted by atomic mass is 16.4. The van der Waals surface area contributed by atoms with Gasteiger partial charge in [0, 0.05) is 6.54 Å². The van der Waals surface area contributed by atoms with E-state index in [9.17, 15) is 4.79 Å². The summed E-state index contributed by atoms with van der Waals surface area (Å²) in [6, 6.07) is 0. The molecule has 0 radical (unpaired) electrons. The molecule has 0 aliphatic heterocycles. The molecule has 1 aromatic heterocycles. The normalized spacial score (nSPS) is 9.89. The molecule has 0 bridgehead atoms. The number of carboxylic acids is 1. The second-order valence-electron chi connectivity index (χ2n) is 3.65. The predicted molar refractivity (Wildman–Crippen MR) is 69.4 cm³/mol. The van der Waals surface area contributed by atoms with Crippen LogP contribution in [0.15, 0.2) is 0 Å². The van der Waals surface area contributed by atoms with Gasteiger partial charge in [-0.3, -0.25) is 5.01 Å². The molecule has 0 spiro atoms. The van der Waals surface area contributed by atoms with Crippen LogP contribution in [-0.2, 0) is 0 Å². The van der Waals surface area contributed by atoms with Crippen molar-refractivity contribution in [3.05, 3.63) is 5.69 Å². The van der Waals surface area contributed by atoms with Gasteiger partial charge in [-0.2, -0.15) is 5.21 Å². The SMILES string of the molecule is CC.CN(C)CCCN(N)c1n[nH]nc1C(=O)O. The maximum absolute atomic E-state index is 10.8. The monoisotopic (exact) mass is 258 g/mol. The highest BCUT2D eigenvalue weighted by Crippen LogP contribution is 2.11. The lowest BCUT2D eigenvalue weighted by Gasteiger charge is -2.17. The molecule has 4 N–H and O–H groups in total. The molecule has 0 aliphatic rings. The minimum atomic E-state index is -1.15. The zero-order chi connectivity index (χ0) is 14.1. The Morgan fingerprint density at radius 1 is 1.33 bits per heavy atom. The summed E-state index contributed by atoms with van der Waals surface area (Å²) in [5, 5.41) is 19.6. The summed E-state index contributed by atoms with van der Waals surface area (Å²) >= 11 is 0. The van der Waals surface area contributed by atoms with Gasteiger partial charge in [0.1, 0.15) is 0 Å². The maximum Gasteiger partial charge on any atom is 0.360 e. The Morgan fingerprint density at radius 2 is 1.94 bits per heavy atom. The van der Waals surface area contributed by atoms with Crippen molar-refractivity contribution >= 4 is 11.8 Å². The van der Waals surface area contributed by atoms with Gasteiger partial charge in [-0.15, -0.1) is 10.2 Å². The van der Waals surface area contributed by atoms with Crippen LogP contribution in [0.1, 0.15) is 30.8 Å². The number of aromatic amines is 1. The van der Waals surface area contributed by atoms with Crippen molar-refractivity contribution in [1.82, 2.24) is 20.3 Å². The second kappa shape index (κ2) is 8.43. The molecule has 1 aromatic rings. The van der Waals surface area contributed by atoms with Crippen LogP contribution in [0.25, 0.3) is 0 Å². The molecule has 0 aromatic carbocycles. The van der Waals surface area contributed by atoms with Crippen molar-refractivity contribution in [3.63, 3.8) is 0 Å². The number of nitrogens with zero attached hydrogens (tertiary/aromatic N) is 4. The number of carbonyl (C=O) groups is 1. The highest BCUT2D eigenvalue weighted by molar-refractivity contribution is 5.90. The Morgan fingerprint density at radius 3 is 2.44 bits per heavy atom. The van der Waals surface area contributed by atoms with Gasteiger partial charge in [0.15, 0.2) is 5.82 Å². The van der Waals surface area contributed by atoms with Gasteiger partial charge >= 0.3 is 5.97 Å². The van der Waals surface area contributed by atoms with Gasteiger partial charge in [-0.05, 0) is 27.1 Å². The number of nitrogens with one attached hydrogen (secondary N) is 1. The van der Waals surface area contributed by atoms with E-state index in [1.54, 1.807) is 0 Å². The third-order valence-electron chi connectivity index (χ3n) is 2.01. The van der Waals surface area contributed by atoms with Crippen molar-refractivity contribution in [2.75, 3.05) is 32.2 Å². The van der Waals surface area contributed by atoms with E-state index in [-0.39, 0.29) is 11.5 Å². The molecule has 0 saturated heterocycles. The number of hydrazine groups is 1. The minimum Gasteiger partial charge on any atom is -0.476 e. The lowest BCUT2D eigenvalue weighted by atomic mass is 10.3. The van der Waals surface area contributed by atoms with Crippen molar-refractivity contribution in [2.45, 2.75) is 20.3 Å². The predicted octanol–water partition coefficient (Wildman–Crippen LogP) is 0.161. The van der Waals surface area contributed by atoms with E-state index < -0.39 is 5.97 Å². The quantitative estimate of drug-likeness (QED) is 0.492. The lowest BCUT2D eigenvalue weighted by Crippen LogP contribution is -2.35. The second-order valence-corrected chi connectivity index (χ2v) is 3.65. The molecule has 8 heteroatoms. The van der Waals surface area contributed by atoms with Gasteiger partial charge in [-0.25, -0.2) is 10.6 Å². The van der Waals surface area contributed by atoms with Crippen LogP contribution < -0.4 is 10.9 Å². The lowest BCUT2D eigenvalue weighted by molar-refractivity contribution is 0.0691. The maximum atomic E-state index is 10.8. The van der Waals surface area contributed by atoms with Gasteiger partial charge in [-0.1, -0.05) is 13.8 Å². The average Bonchev–Trinajstić information content (AvgIpc) is 2.80. The van der Waals surface area contributed by atoms with E-state index in [1.165, 1.54) is 5.01 Å². The molecular weight excluding hydrogens is 236 g/mol. The number of hydrogen-bond acceptors (Lipinski definition) is 6. The number of H-pyrrole nitrogens is 1. The van der Waals surface area contributed by atoms with E-state index >= 15 is 0 Å². The number of aromatic nitrogens is 3. The summed E-state index contributed by atoms with van der Waals surface area (Å²) in [6.07, 6.45) is 0.815. The first-order valence-corrected chi connectivity index (χ1v) is 5.83. The molecule has 0 fully saturated rings. The largest absolute Gasteiger partial charge is 0.476 e. The fourth-order valence-corrected chi connectivity index (χ4v) is 1.23. The topological polar surface area (TPSA) is 111 Å². The van der Waals surface area contributed by atoms with Gasteiger partial charge in [0.25, 0.3) is 0 Å². The smallest absolute Gasteiger partial charge is 0.360 e. The molecule has 104 valence electrons. The zero-order valence-corrected chi connectivity index (χ0v) is 11.3. The fraction of sp³-hybridized carbons (Fsp3) is 0.700. The van der Waals surface area contributed by atoms with Crippen LogP contribution in [0.3, 0.4) is 0 Å². The summed E-state index contributed by atoms with van der Waals surface area (Å²) in [5.74, 6) is 4.71. The molecule has 0 unspecified atom stereocenters. The minimum absolute atomic E-state index is 0.159. The standard InChI is InChI=1S/C8H16N6O2.C2H6/c1-13(2)4-3-5-14(9)7-6(8(15)16)10-12-11-7;1-2/h3-5,9H2,1-2H3,(H,15,16)(H,10,11,12);1-2H3. The van der Waals surface area contributed by atoms with E-state index in [1.807, 2.05) is 32.8 Å². The molecule has 0 amide bonds. The third-order valence-corrected chi connectivity index (χ3v) is 2.01.